The molecular weight excluding hydrogens is 504 g/mol. The largest absolute Gasteiger partial charge is 0.349 e. The van der Waals surface area contributed by atoms with Crippen LogP contribution in [0.5, 0.6) is 0 Å². The molecule has 4 aromatic rings. The molecule has 11 heteroatoms. The van der Waals surface area contributed by atoms with Crippen LogP contribution in [0.15, 0.2) is 59.3 Å². The number of tetrazole rings is 1. The fourth-order valence-corrected chi connectivity index (χ4v) is 5.10. The van der Waals surface area contributed by atoms with Crippen molar-refractivity contribution in [1.82, 2.24) is 30.4 Å². The first kappa shape index (κ1) is 25.0. The molecule has 1 N–H and O–H groups in total. The van der Waals surface area contributed by atoms with E-state index in [0.717, 1.165) is 15.3 Å². The lowest BCUT2D eigenvalue weighted by molar-refractivity contribution is -0.142. The number of nitrogens with zero attached hydrogens (tertiary/aromatic N) is 5. The molecule has 0 saturated carbocycles. The quantitative estimate of drug-likeness (QED) is 0.354. The number of nitrogens with one attached hydrogen (secondary N) is 1. The second kappa shape index (κ2) is 10.7. The lowest BCUT2D eigenvalue weighted by atomic mass is 10.1. The van der Waals surface area contributed by atoms with Gasteiger partial charge in [0.25, 0.3) is 0 Å². The number of amides is 2. The summed E-state index contributed by atoms with van der Waals surface area (Å²) < 4.78 is 0. The van der Waals surface area contributed by atoms with Crippen molar-refractivity contribution in [3.63, 3.8) is 0 Å². The zero-order valence-corrected chi connectivity index (χ0v) is 21.9. The van der Waals surface area contributed by atoms with Crippen molar-refractivity contribution in [2.75, 3.05) is 0 Å². The molecule has 0 radical (unpaired) electrons. The Hall–Kier alpha value is -3.08. The highest BCUT2D eigenvalue weighted by atomic mass is 35.5. The fraction of sp³-hybridized carbons (Fsp3) is 0.292. The van der Waals surface area contributed by atoms with Crippen LogP contribution in [0.3, 0.4) is 0 Å². The van der Waals surface area contributed by atoms with Gasteiger partial charge in [-0.2, -0.15) is 4.80 Å². The maximum absolute atomic E-state index is 13.6. The molecule has 0 aliphatic heterocycles. The molecule has 0 bridgehead atoms. The second-order valence-electron chi connectivity index (χ2n) is 8.91. The first-order valence-electron chi connectivity index (χ1n) is 10.9. The van der Waals surface area contributed by atoms with Crippen molar-refractivity contribution < 1.29 is 9.59 Å². The van der Waals surface area contributed by atoms with Gasteiger partial charge in [0.15, 0.2) is 0 Å². The highest BCUT2D eigenvalue weighted by Crippen LogP contribution is 2.29. The van der Waals surface area contributed by atoms with Crippen LogP contribution in [0, 0.1) is 0 Å². The molecule has 2 amide bonds. The number of carbonyl (C=O) groups excluding carboxylic acids is 2. The summed E-state index contributed by atoms with van der Waals surface area (Å²) in [5.41, 5.74) is 0.287. The maximum Gasteiger partial charge on any atom is 0.248 e. The molecule has 4 rings (SSSR count). The number of halogens is 1. The van der Waals surface area contributed by atoms with Crippen LogP contribution >= 0.6 is 34.3 Å². The van der Waals surface area contributed by atoms with Gasteiger partial charge < -0.3 is 10.2 Å². The van der Waals surface area contributed by atoms with Crippen LogP contribution in [0.4, 0.5) is 0 Å². The van der Waals surface area contributed by atoms with Gasteiger partial charge in [-0.05, 0) is 73.1 Å². The molecule has 0 saturated heterocycles. The van der Waals surface area contributed by atoms with Gasteiger partial charge in [-0.25, -0.2) is 0 Å². The average Bonchev–Trinajstić information content (AvgIpc) is 3.56. The van der Waals surface area contributed by atoms with E-state index in [9.17, 15) is 9.59 Å². The number of aromatic nitrogens is 4. The summed E-state index contributed by atoms with van der Waals surface area (Å²) in [6.07, 6.45) is 0. The van der Waals surface area contributed by atoms with Crippen molar-refractivity contribution in [2.45, 2.75) is 45.4 Å². The zero-order valence-electron chi connectivity index (χ0n) is 19.5. The summed E-state index contributed by atoms with van der Waals surface area (Å²) in [5, 5.41) is 20.0. The van der Waals surface area contributed by atoms with E-state index in [0.29, 0.717) is 10.8 Å². The molecule has 0 aliphatic carbocycles. The highest BCUT2D eigenvalue weighted by molar-refractivity contribution is 7.10. The van der Waals surface area contributed by atoms with Crippen molar-refractivity contribution in [1.29, 1.82) is 0 Å². The summed E-state index contributed by atoms with van der Waals surface area (Å²) in [5.74, 6) is -0.140. The van der Waals surface area contributed by atoms with E-state index < -0.39 is 11.6 Å². The summed E-state index contributed by atoms with van der Waals surface area (Å²) in [4.78, 5) is 31.7. The lowest BCUT2D eigenvalue weighted by Gasteiger charge is -2.32. The fourth-order valence-electron chi connectivity index (χ4n) is 3.44. The van der Waals surface area contributed by atoms with Crippen molar-refractivity contribution in [2.24, 2.45) is 0 Å². The van der Waals surface area contributed by atoms with Crippen molar-refractivity contribution in [3.05, 3.63) is 74.1 Å². The normalized spacial score (nSPS) is 12.3. The zero-order chi connectivity index (χ0) is 25.0. The third-order valence-corrected chi connectivity index (χ3v) is 6.97. The van der Waals surface area contributed by atoms with Gasteiger partial charge in [-0.15, -0.1) is 32.9 Å². The standard InChI is InChI=1S/C24H25ClN6O2S2/c1-24(2,3)26-23(33)21(19-7-5-13-35-19)30(14-18-6-4-12-34-18)20(32)15-31-28-22(27-29-31)16-8-10-17(25)11-9-16/h4-13,21H,14-15H2,1-3H3,(H,26,33)/t21-/m1/s1. The minimum Gasteiger partial charge on any atom is -0.349 e. The Morgan fingerprint density at radius 3 is 2.43 bits per heavy atom. The topological polar surface area (TPSA) is 93.0 Å². The molecule has 8 nitrogen and oxygen atoms in total. The summed E-state index contributed by atoms with van der Waals surface area (Å²) in [6.45, 7) is 5.88. The minimum absolute atomic E-state index is 0.156. The van der Waals surface area contributed by atoms with Gasteiger partial charge in [-0.1, -0.05) is 23.7 Å². The second-order valence-corrected chi connectivity index (χ2v) is 11.4. The van der Waals surface area contributed by atoms with Crippen LogP contribution < -0.4 is 5.32 Å². The molecule has 35 heavy (non-hydrogen) atoms. The van der Waals surface area contributed by atoms with E-state index in [1.54, 1.807) is 29.2 Å². The molecule has 0 unspecified atom stereocenters. The Labute approximate surface area is 216 Å². The summed E-state index contributed by atoms with van der Waals surface area (Å²) >= 11 is 8.93. The van der Waals surface area contributed by atoms with Crippen LogP contribution in [0.2, 0.25) is 5.02 Å². The minimum atomic E-state index is -0.789. The molecule has 0 fully saturated rings. The Morgan fingerprint density at radius 1 is 1.09 bits per heavy atom. The molecule has 1 aromatic carbocycles. The number of thiophene rings is 2. The maximum atomic E-state index is 13.6. The molecule has 3 heterocycles. The van der Waals surface area contributed by atoms with Crippen LogP contribution in [0.25, 0.3) is 11.4 Å². The van der Waals surface area contributed by atoms with E-state index >= 15 is 0 Å². The molecular formula is C24H25ClN6O2S2. The summed E-state index contributed by atoms with van der Waals surface area (Å²) in [7, 11) is 0. The first-order valence-corrected chi connectivity index (χ1v) is 13.0. The van der Waals surface area contributed by atoms with Crippen LogP contribution in [0.1, 0.15) is 36.6 Å². The third kappa shape index (κ3) is 6.53. The Kier molecular flexibility index (Phi) is 7.63. The van der Waals surface area contributed by atoms with Gasteiger partial charge >= 0.3 is 0 Å². The van der Waals surface area contributed by atoms with E-state index in [1.165, 1.54) is 27.5 Å². The molecule has 0 spiro atoms. The number of carbonyl (C=O) groups is 2. The van der Waals surface area contributed by atoms with Gasteiger partial charge in [0.05, 0.1) is 6.54 Å². The predicted molar refractivity (Wildman–Crippen MR) is 138 cm³/mol. The molecule has 3 aromatic heterocycles. The van der Waals surface area contributed by atoms with Crippen LogP contribution in [-0.4, -0.2) is 42.5 Å². The number of rotatable bonds is 8. The van der Waals surface area contributed by atoms with Crippen molar-refractivity contribution in [3.8, 4) is 11.4 Å². The van der Waals surface area contributed by atoms with E-state index in [2.05, 4.69) is 20.7 Å². The van der Waals surface area contributed by atoms with Gasteiger partial charge in [0.2, 0.25) is 17.6 Å². The molecule has 0 aliphatic rings. The van der Waals surface area contributed by atoms with Gasteiger partial charge in [-0.3, -0.25) is 9.59 Å². The average molecular weight is 529 g/mol. The van der Waals surface area contributed by atoms with E-state index in [-0.39, 0.29) is 24.9 Å². The molecule has 182 valence electrons. The highest BCUT2D eigenvalue weighted by Gasteiger charge is 2.34. The third-order valence-electron chi connectivity index (χ3n) is 4.93. The summed E-state index contributed by atoms with van der Waals surface area (Å²) in [6, 6.07) is 13.9. The Morgan fingerprint density at radius 2 is 1.80 bits per heavy atom. The number of benzene rings is 1. The first-order chi connectivity index (χ1) is 16.7. The van der Waals surface area contributed by atoms with Gasteiger partial charge in [0, 0.05) is 25.9 Å². The lowest BCUT2D eigenvalue weighted by Crippen LogP contribution is -2.49. The Bertz CT molecular complexity index is 1260. The SMILES string of the molecule is CC(C)(C)NC(=O)[C@@H](c1cccs1)N(Cc1cccs1)C(=O)Cn1nnc(-c2ccc(Cl)cc2)n1. The van der Waals surface area contributed by atoms with Crippen LogP contribution in [-0.2, 0) is 22.7 Å². The van der Waals surface area contributed by atoms with E-state index in [1.807, 2.05) is 55.8 Å². The van der Waals surface area contributed by atoms with E-state index in [4.69, 9.17) is 11.6 Å². The predicted octanol–water partition coefficient (Wildman–Crippen LogP) is 4.80. The monoisotopic (exact) mass is 528 g/mol. The number of hydrogen-bond acceptors (Lipinski definition) is 7. The molecule has 1 atom stereocenters. The Balaban J connectivity index is 1.63. The van der Waals surface area contributed by atoms with Gasteiger partial charge in [0.1, 0.15) is 12.6 Å². The smallest absolute Gasteiger partial charge is 0.248 e. The van der Waals surface area contributed by atoms with Crippen molar-refractivity contribution >= 4 is 46.1 Å². The number of hydrogen-bond donors (Lipinski definition) is 1.